The molecular formula is C29H40N2O2. The molecule has 2 atom stereocenters. The van der Waals surface area contributed by atoms with Crippen LogP contribution in [0.4, 0.5) is 11.4 Å². The number of hydrogen-bond acceptors (Lipinski definition) is 3. The first kappa shape index (κ1) is 23.7. The molecule has 2 unspecified atom stereocenters. The number of nitrogens with one attached hydrogen (secondary N) is 1. The number of carbonyl (C=O) groups is 1. The molecule has 2 aromatic carbocycles. The van der Waals surface area contributed by atoms with Crippen molar-refractivity contribution in [1.82, 2.24) is 0 Å². The van der Waals surface area contributed by atoms with E-state index >= 15 is 0 Å². The molecule has 1 N–H and O–H groups in total. The molecule has 1 amide bonds. The van der Waals surface area contributed by atoms with Gasteiger partial charge in [0, 0.05) is 24.0 Å². The van der Waals surface area contributed by atoms with Crippen molar-refractivity contribution >= 4 is 17.3 Å². The van der Waals surface area contributed by atoms with Crippen molar-refractivity contribution in [1.29, 1.82) is 0 Å². The number of carbonyl (C=O) groups excluding carboxylic acids is 1. The molecule has 4 rings (SSSR count). The molecule has 0 radical (unpaired) electrons. The van der Waals surface area contributed by atoms with Gasteiger partial charge in [-0.15, -0.1) is 0 Å². The van der Waals surface area contributed by atoms with Gasteiger partial charge in [0.25, 0.3) is 0 Å². The van der Waals surface area contributed by atoms with Gasteiger partial charge in [-0.25, -0.2) is 0 Å². The van der Waals surface area contributed by atoms with Crippen LogP contribution in [0.15, 0.2) is 42.5 Å². The second-order valence-corrected chi connectivity index (χ2v) is 11.6. The Kier molecular flexibility index (Phi) is 6.01. The molecule has 1 heterocycles. The van der Waals surface area contributed by atoms with Crippen molar-refractivity contribution in [3.63, 3.8) is 0 Å². The minimum atomic E-state index is -0.501. The number of amides is 1. The monoisotopic (exact) mass is 448 g/mol. The molecule has 0 aromatic heterocycles. The molecule has 4 nitrogen and oxygen atoms in total. The van der Waals surface area contributed by atoms with Gasteiger partial charge in [0.05, 0.1) is 12.5 Å². The first-order chi connectivity index (χ1) is 15.5. The molecule has 178 valence electrons. The van der Waals surface area contributed by atoms with E-state index in [4.69, 9.17) is 4.74 Å². The number of hydrogen-bond donors (Lipinski definition) is 1. The fourth-order valence-electron chi connectivity index (χ4n) is 5.72. The predicted molar refractivity (Wildman–Crippen MR) is 137 cm³/mol. The molecule has 33 heavy (non-hydrogen) atoms. The lowest BCUT2D eigenvalue weighted by molar-refractivity contribution is -0.119. The van der Waals surface area contributed by atoms with E-state index in [1.54, 1.807) is 7.11 Å². The SMILES string of the molecule is CCCCN1c2ccc(NC(=O)C3(c4ccc(OC)cc4)CC3(C)C)cc2CC1C(C)(C)C. The van der Waals surface area contributed by atoms with Gasteiger partial charge in [-0.05, 0) is 71.6 Å². The second kappa shape index (κ2) is 8.38. The quantitative estimate of drug-likeness (QED) is 0.520. The van der Waals surface area contributed by atoms with Crippen molar-refractivity contribution in [2.45, 2.75) is 78.7 Å². The maximum Gasteiger partial charge on any atom is 0.235 e. The van der Waals surface area contributed by atoms with E-state index in [-0.39, 0.29) is 16.7 Å². The number of nitrogens with zero attached hydrogens (tertiary/aromatic N) is 1. The lowest BCUT2D eigenvalue weighted by Gasteiger charge is -2.37. The fourth-order valence-corrected chi connectivity index (χ4v) is 5.72. The Hall–Kier alpha value is -2.49. The summed E-state index contributed by atoms with van der Waals surface area (Å²) in [7, 11) is 1.67. The standard InChI is InChI=1S/C29H40N2O2/c1-8-9-16-31-24-15-12-22(17-20(24)18-25(31)27(2,3)4)30-26(32)29(19-28(29,5)6)21-10-13-23(33-7)14-11-21/h10-15,17,25H,8-9,16,18-19H2,1-7H3,(H,30,32). The molecule has 1 aliphatic heterocycles. The summed E-state index contributed by atoms with van der Waals surface area (Å²) in [5.41, 5.74) is 4.27. The normalized spacial score (nSPS) is 23.2. The zero-order valence-corrected chi connectivity index (χ0v) is 21.4. The van der Waals surface area contributed by atoms with E-state index in [2.05, 4.69) is 70.0 Å². The molecule has 0 bridgehead atoms. The highest BCUT2D eigenvalue weighted by molar-refractivity contribution is 6.03. The molecule has 0 saturated heterocycles. The lowest BCUT2D eigenvalue weighted by Crippen LogP contribution is -2.42. The summed E-state index contributed by atoms with van der Waals surface area (Å²) in [4.78, 5) is 16.2. The van der Waals surface area contributed by atoms with E-state index in [0.29, 0.717) is 6.04 Å². The van der Waals surface area contributed by atoms with Gasteiger partial charge in [0.15, 0.2) is 0 Å². The lowest BCUT2D eigenvalue weighted by atomic mass is 9.84. The maximum atomic E-state index is 13.6. The molecule has 2 aliphatic rings. The van der Waals surface area contributed by atoms with Gasteiger partial charge >= 0.3 is 0 Å². The van der Waals surface area contributed by atoms with Crippen LogP contribution in [0, 0.1) is 10.8 Å². The smallest absolute Gasteiger partial charge is 0.235 e. The third kappa shape index (κ3) is 4.13. The van der Waals surface area contributed by atoms with E-state index in [1.165, 1.54) is 24.1 Å². The molecule has 4 heteroatoms. The Morgan fingerprint density at radius 1 is 1.15 bits per heavy atom. The third-order valence-electron chi connectivity index (χ3n) is 7.90. The number of unbranched alkanes of at least 4 members (excludes halogenated alkanes) is 1. The summed E-state index contributed by atoms with van der Waals surface area (Å²) in [6.07, 6.45) is 4.27. The van der Waals surface area contributed by atoms with Crippen LogP contribution >= 0.6 is 0 Å². The second-order valence-electron chi connectivity index (χ2n) is 11.6. The topological polar surface area (TPSA) is 41.6 Å². The number of benzene rings is 2. The Balaban J connectivity index is 1.58. The van der Waals surface area contributed by atoms with Crippen molar-refractivity contribution in [3.05, 3.63) is 53.6 Å². The zero-order chi connectivity index (χ0) is 24.0. The number of anilines is 2. The Morgan fingerprint density at radius 3 is 2.36 bits per heavy atom. The van der Waals surface area contributed by atoms with Crippen LogP contribution in [0.1, 0.15) is 71.9 Å². The average Bonchev–Trinajstić information content (AvgIpc) is 3.18. The Bertz CT molecular complexity index is 1020. The van der Waals surface area contributed by atoms with E-state index in [9.17, 15) is 4.79 Å². The van der Waals surface area contributed by atoms with Gasteiger partial charge in [-0.3, -0.25) is 4.79 Å². The van der Waals surface area contributed by atoms with Crippen LogP contribution in [0.5, 0.6) is 5.75 Å². The van der Waals surface area contributed by atoms with Gasteiger partial charge in [-0.1, -0.05) is 60.1 Å². The van der Waals surface area contributed by atoms with Crippen LogP contribution in [-0.4, -0.2) is 25.6 Å². The summed E-state index contributed by atoms with van der Waals surface area (Å²) < 4.78 is 5.31. The maximum absolute atomic E-state index is 13.6. The van der Waals surface area contributed by atoms with Gasteiger partial charge in [0.1, 0.15) is 5.75 Å². The third-order valence-corrected chi connectivity index (χ3v) is 7.90. The number of fused-ring (bicyclic) bond motifs is 1. The largest absolute Gasteiger partial charge is 0.497 e. The summed E-state index contributed by atoms with van der Waals surface area (Å²) in [6.45, 7) is 14.7. The molecule has 0 spiro atoms. The van der Waals surface area contributed by atoms with Gasteiger partial charge < -0.3 is 15.0 Å². The van der Waals surface area contributed by atoms with Crippen molar-refractivity contribution < 1.29 is 9.53 Å². The van der Waals surface area contributed by atoms with Crippen LogP contribution in [0.2, 0.25) is 0 Å². The summed E-state index contributed by atoms with van der Waals surface area (Å²) in [5.74, 6) is 0.901. The van der Waals surface area contributed by atoms with E-state index < -0.39 is 5.41 Å². The van der Waals surface area contributed by atoms with Crippen molar-refractivity contribution in [2.24, 2.45) is 10.8 Å². The van der Waals surface area contributed by atoms with Gasteiger partial charge in [-0.2, -0.15) is 0 Å². The molecule has 1 saturated carbocycles. The highest BCUT2D eigenvalue weighted by Crippen LogP contribution is 2.64. The van der Waals surface area contributed by atoms with Crippen LogP contribution in [0.3, 0.4) is 0 Å². The Morgan fingerprint density at radius 2 is 1.82 bits per heavy atom. The molecule has 2 aromatic rings. The van der Waals surface area contributed by atoms with Gasteiger partial charge in [0.2, 0.25) is 5.91 Å². The minimum absolute atomic E-state index is 0.0727. The summed E-state index contributed by atoms with van der Waals surface area (Å²) >= 11 is 0. The fraction of sp³-hybridized carbons (Fsp3) is 0.552. The van der Waals surface area contributed by atoms with E-state index in [1.807, 2.05) is 24.3 Å². The summed E-state index contributed by atoms with van der Waals surface area (Å²) in [5, 5.41) is 3.28. The first-order valence-electron chi connectivity index (χ1n) is 12.4. The number of ether oxygens (including phenoxy) is 1. The van der Waals surface area contributed by atoms with Crippen LogP contribution < -0.4 is 15.0 Å². The highest BCUT2D eigenvalue weighted by Gasteiger charge is 2.67. The van der Waals surface area contributed by atoms with Crippen molar-refractivity contribution in [2.75, 3.05) is 23.9 Å². The zero-order valence-electron chi connectivity index (χ0n) is 21.4. The van der Waals surface area contributed by atoms with Crippen molar-refractivity contribution in [3.8, 4) is 5.75 Å². The highest BCUT2D eigenvalue weighted by atomic mass is 16.5. The minimum Gasteiger partial charge on any atom is -0.497 e. The number of rotatable bonds is 7. The molecule has 1 fully saturated rings. The molecular weight excluding hydrogens is 408 g/mol. The first-order valence-corrected chi connectivity index (χ1v) is 12.4. The Labute approximate surface area is 199 Å². The summed E-state index contributed by atoms with van der Waals surface area (Å²) in [6, 6.07) is 15.0. The number of methoxy groups -OCH3 is 1. The predicted octanol–water partition coefficient (Wildman–Crippen LogP) is 6.58. The van der Waals surface area contributed by atoms with E-state index in [0.717, 1.165) is 36.4 Å². The van der Waals surface area contributed by atoms with Crippen LogP contribution in [-0.2, 0) is 16.6 Å². The average molecular weight is 449 g/mol. The van der Waals surface area contributed by atoms with Crippen LogP contribution in [0.25, 0.3) is 0 Å². The molecule has 1 aliphatic carbocycles.